The Morgan fingerprint density at radius 1 is 1.19 bits per heavy atom. The van der Waals surface area contributed by atoms with Gasteiger partial charge in [0, 0.05) is 18.3 Å². The van der Waals surface area contributed by atoms with Crippen LogP contribution in [0.3, 0.4) is 0 Å². The minimum absolute atomic E-state index is 0.118. The van der Waals surface area contributed by atoms with Crippen molar-refractivity contribution in [2.75, 3.05) is 26.5 Å². The van der Waals surface area contributed by atoms with E-state index in [1.165, 1.54) is 5.01 Å². The molecule has 43 heavy (non-hydrogen) atoms. The van der Waals surface area contributed by atoms with Gasteiger partial charge < -0.3 is 34.5 Å². The Bertz CT molecular complexity index is 1280. The quantitative estimate of drug-likeness (QED) is 0.0769. The summed E-state index contributed by atoms with van der Waals surface area (Å²) < 4.78 is 16.7. The first kappa shape index (κ1) is 29.9. The van der Waals surface area contributed by atoms with Gasteiger partial charge >= 0.3 is 11.9 Å². The number of ether oxygens (including phenoxy) is 3. The summed E-state index contributed by atoms with van der Waals surface area (Å²) in [6.45, 7) is 8.22. The second-order valence-electron chi connectivity index (χ2n) is 13.5. The molecule has 4 bridgehead atoms. The molecule has 4 aliphatic carbocycles. The second-order valence-corrected chi connectivity index (χ2v) is 13.5. The fraction of sp³-hybridized carbons (Fsp3) is 0.793. The third kappa shape index (κ3) is 4.01. The standard InChI is InChI=1S/C29H39N3O11/c1-16-17-6-7-18-27-14-41-29(38,24(37)22(27)26(2,3)11-10-19(27)33)28(18,23(16)36)25(17)43-21(35)9-8-20(34)40-15-42-30-32(39)31-12-4-5-13-31/h17-18,22,24-25,37-38H,1,4-15H2,2-3H3/b32-30-/t17-,18-,22+,24-,25+,27+,28-,29-/m0/s1. The molecule has 2 N–H and O–H groups in total. The minimum Gasteiger partial charge on any atom is -0.569 e. The van der Waals surface area contributed by atoms with Crippen molar-refractivity contribution >= 4 is 23.5 Å². The number of aliphatic hydroxyl groups excluding tert-OH is 1. The van der Waals surface area contributed by atoms with E-state index in [0.29, 0.717) is 37.3 Å². The molecule has 3 heterocycles. The van der Waals surface area contributed by atoms with Crippen LogP contribution in [0.25, 0.3) is 0 Å². The Labute approximate surface area is 248 Å². The van der Waals surface area contributed by atoms with Gasteiger partial charge in [-0.3, -0.25) is 19.2 Å². The fourth-order valence-corrected chi connectivity index (χ4v) is 9.33. The van der Waals surface area contributed by atoms with E-state index in [1.54, 1.807) is 0 Å². The molecule has 236 valence electrons. The number of Topliss-reactive ketones (excluding diaryl/α,β-unsaturated/α-hetero) is 2. The van der Waals surface area contributed by atoms with Crippen LogP contribution in [-0.4, -0.2) is 88.2 Å². The molecule has 14 heteroatoms. The van der Waals surface area contributed by atoms with Gasteiger partial charge in [-0.05, 0) is 49.0 Å². The van der Waals surface area contributed by atoms with Crippen molar-refractivity contribution in [3.8, 4) is 0 Å². The average molecular weight is 606 g/mol. The summed E-state index contributed by atoms with van der Waals surface area (Å²) in [5.74, 6) is -6.74. The molecule has 7 aliphatic rings. The zero-order chi connectivity index (χ0) is 30.9. The topological polar surface area (TPSA) is 187 Å². The lowest BCUT2D eigenvalue weighted by atomic mass is 9.36. The van der Waals surface area contributed by atoms with Crippen LogP contribution in [0.5, 0.6) is 0 Å². The SMILES string of the molecule is C=C1C(=O)[C@]23[C@H](OC(=O)CCC(=O)OCO/N=[N+](\[O-])N4CCCC4)[C@H]1CC[C@H]2[C@@]12CO[C@@]3(O)[C@@H](O)[C@@H]1C(C)(C)CCC2=O. The highest BCUT2D eigenvalue weighted by molar-refractivity contribution is 6.06. The first-order chi connectivity index (χ1) is 20.3. The van der Waals surface area contributed by atoms with Gasteiger partial charge in [0.25, 0.3) is 6.79 Å². The number of hydrazine groups is 1. The Balaban J connectivity index is 1.17. The van der Waals surface area contributed by atoms with E-state index < -0.39 is 82.9 Å². The predicted octanol–water partition coefficient (Wildman–Crippen LogP) is 1.32. The molecule has 7 rings (SSSR count). The van der Waals surface area contributed by atoms with E-state index in [9.17, 15) is 34.6 Å². The maximum Gasteiger partial charge on any atom is 0.309 e. The van der Waals surface area contributed by atoms with Crippen LogP contribution in [-0.2, 0) is 38.2 Å². The van der Waals surface area contributed by atoms with Gasteiger partial charge in [-0.25, -0.2) is 0 Å². The van der Waals surface area contributed by atoms with Gasteiger partial charge in [0.1, 0.15) is 23.4 Å². The minimum atomic E-state index is -2.40. The highest BCUT2D eigenvalue weighted by Gasteiger charge is 2.88. The molecule has 3 saturated heterocycles. The summed E-state index contributed by atoms with van der Waals surface area (Å²) in [5.41, 5.74) is -3.50. The molecule has 0 aromatic rings. The van der Waals surface area contributed by atoms with Gasteiger partial charge in [-0.1, -0.05) is 20.4 Å². The normalized spacial score (nSPS) is 41.1. The number of esters is 2. The van der Waals surface area contributed by atoms with E-state index in [2.05, 4.69) is 11.9 Å². The fourth-order valence-electron chi connectivity index (χ4n) is 9.33. The Kier molecular flexibility index (Phi) is 7.13. The molecule has 3 aliphatic heterocycles. The predicted molar refractivity (Wildman–Crippen MR) is 142 cm³/mol. The van der Waals surface area contributed by atoms with Crippen molar-refractivity contribution in [3.63, 3.8) is 0 Å². The van der Waals surface area contributed by atoms with E-state index in [0.717, 1.165) is 12.8 Å². The first-order valence-corrected chi connectivity index (χ1v) is 15.0. The molecule has 7 fully saturated rings. The first-order valence-electron chi connectivity index (χ1n) is 15.0. The summed E-state index contributed by atoms with van der Waals surface area (Å²) in [5, 5.41) is 40.4. The molecule has 4 saturated carbocycles. The maximum absolute atomic E-state index is 14.1. The zero-order valence-electron chi connectivity index (χ0n) is 24.5. The smallest absolute Gasteiger partial charge is 0.309 e. The average Bonchev–Trinajstić information content (AvgIpc) is 3.55. The highest BCUT2D eigenvalue weighted by atomic mass is 16.8. The third-order valence-electron chi connectivity index (χ3n) is 11.1. The van der Waals surface area contributed by atoms with Crippen molar-refractivity contribution in [2.24, 2.45) is 39.3 Å². The molecule has 0 radical (unpaired) electrons. The number of hydrogen-bond donors (Lipinski definition) is 2. The highest BCUT2D eigenvalue weighted by Crippen LogP contribution is 2.76. The number of nitrogens with zero attached hydrogens (tertiary/aromatic N) is 3. The van der Waals surface area contributed by atoms with E-state index in [-0.39, 0.29) is 30.8 Å². The van der Waals surface area contributed by atoms with Crippen LogP contribution in [0.15, 0.2) is 17.4 Å². The molecular formula is C29H39N3O11. The maximum atomic E-state index is 14.1. The summed E-state index contributed by atoms with van der Waals surface area (Å²) >= 11 is 0. The number of fused-ring (bicyclic) bond motifs is 2. The lowest BCUT2D eigenvalue weighted by Crippen LogP contribution is -2.85. The molecule has 0 amide bonds. The molecular weight excluding hydrogens is 566 g/mol. The van der Waals surface area contributed by atoms with Crippen molar-refractivity contribution in [2.45, 2.75) is 83.2 Å². The van der Waals surface area contributed by atoms with Crippen LogP contribution in [0.2, 0.25) is 0 Å². The third-order valence-corrected chi connectivity index (χ3v) is 11.1. The number of aliphatic hydroxyl groups is 2. The van der Waals surface area contributed by atoms with Crippen LogP contribution in [0.4, 0.5) is 0 Å². The lowest BCUT2D eigenvalue weighted by Gasteiger charge is -2.72. The van der Waals surface area contributed by atoms with Crippen LogP contribution in [0.1, 0.15) is 65.2 Å². The molecule has 0 unspecified atom stereocenters. The lowest BCUT2D eigenvalue weighted by molar-refractivity contribution is -0.708. The Morgan fingerprint density at radius 3 is 2.60 bits per heavy atom. The second kappa shape index (κ2) is 10.2. The molecule has 0 aromatic heterocycles. The summed E-state index contributed by atoms with van der Waals surface area (Å²) in [6.07, 6.45) is -0.303. The zero-order valence-corrected chi connectivity index (χ0v) is 24.5. The number of carbonyl (C=O) groups excluding carboxylic acids is 4. The van der Waals surface area contributed by atoms with Crippen molar-refractivity contribution in [1.29, 1.82) is 0 Å². The van der Waals surface area contributed by atoms with Crippen LogP contribution < -0.4 is 0 Å². The monoisotopic (exact) mass is 605 g/mol. The number of carbonyl (C=O) groups is 4. The van der Waals surface area contributed by atoms with Crippen molar-refractivity contribution in [3.05, 3.63) is 17.4 Å². The van der Waals surface area contributed by atoms with Crippen LogP contribution >= 0.6 is 0 Å². The largest absolute Gasteiger partial charge is 0.569 e. The summed E-state index contributed by atoms with van der Waals surface area (Å²) in [6, 6.07) is 0. The number of ketones is 2. The molecule has 2 spiro atoms. The van der Waals surface area contributed by atoms with Gasteiger partial charge in [0.2, 0.25) is 11.1 Å². The number of hydrogen-bond acceptors (Lipinski definition) is 12. The van der Waals surface area contributed by atoms with Crippen molar-refractivity contribution in [1.82, 2.24) is 5.01 Å². The van der Waals surface area contributed by atoms with Gasteiger partial charge in [-0.2, -0.15) is 0 Å². The van der Waals surface area contributed by atoms with Crippen LogP contribution in [0, 0.1) is 39.2 Å². The molecule has 8 atom stereocenters. The van der Waals surface area contributed by atoms with Crippen molar-refractivity contribution < 1.29 is 53.4 Å². The summed E-state index contributed by atoms with van der Waals surface area (Å²) in [4.78, 5) is 58.2. The molecule has 14 nitrogen and oxygen atoms in total. The van der Waals surface area contributed by atoms with E-state index in [4.69, 9.17) is 19.0 Å². The molecule has 0 aromatic carbocycles. The van der Waals surface area contributed by atoms with E-state index >= 15 is 0 Å². The number of rotatable bonds is 8. The Hall–Kier alpha value is -3.10. The van der Waals surface area contributed by atoms with Gasteiger partial charge in [0.05, 0.1) is 42.9 Å². The van der Waals surface area contributed by atoms with Gasteiger partial charge in [-0.15, -0.1) is 5.01 Å². The Morgan fingerprint density at radius 2 is 1.88 bits per heavy atom. The van der Waals surface area contributed by atoms with Gasteiger partial charge in [0.15, 0.2) is 5.78 Å². The van der Waals surface area contributed by atoms with E-state index in [1.807, 2.05) is 13.8 Å². The summed E-state index contributed by atoms with van der Waals surface area (Å²) in [7, 11) is 0.